The van der Waals surface area contributed by atoms with Gasteiger partial charge in [-0.1, -0.05) is 13.3 Å². The van der Waals surface area contributed by atoms with Crippen LogP contribution in [0.2, 0.25) is 0 Å². The largest absolute Gasteiger partial charge is 0.350 e. The Morgan fingerprint density at radius 2 is 2.33 bits per heavy atom. The van der Waals surface area contributed by atoms with Gasteiger partial charge in [0.05, 0.1) is 12.7 Å². The predicted molar refractivity (Wildman–Crippen MR) is 35.2 cm³/mol. The summed E-state index contributed by atoms with van der Waals surface area (Å²) in [6, 6.07) is 0. The molecule has 0 radical (unpaired) electrons. The summed E-state index contributed by atoms with van der Waals surface area (Å²) in [6.45, 7) is 4.94. The minimum absolute atomic E-state index is 0.0880. The Kier molecular flexibility index (Phi) is 2.49. The van der Waals surface area contributed by atoms with Gasteiger partial charge in [-0.15, -0.1) is 0 Å². The lowest BCUT2D eigenvalue weighted by Crippen LogP contribution is -2.08. The van der Waals surface area contributed by atoms with Crippen molar-refractivity contribution in [2.45, 2.75) is 39.1 Å². The van der Waals surface area contributed by atoms with Gasteiger partial charge >= 0.3 is 0 Å². The molecule has 1 saturated heterocycles. The van der Waals surface area contributed by atoms with E-state index in [-0.39, 0.29) is 6.29 Å². The van der Waals surface area contributed by atoms with Crippen molar-refractivity contribution in [3.05, 3.63) is 0 Å². The lowest BCUT2D eigenvalue weighted by molar-refractivity contribution is -0.0593. The first kappa shape index (κ1) is 7.03. The van der Waals surface area contributed by atoms with Crippen LogP contribution in [0.15, 0.2) is 0 Å². The molecule has 0 aromatic rings. The molecule has 0 spiro atoms. The van der Waals surface area contributed by atoms with Crippen LogP contribution in [-0.4, -0.2) is 19.0 Å². The van der Waals surface area contributed by atoms with Gasteiger partial charge in [0, 0.05) is 0 Å². The van der Waals surface area contributed by atoms with Crippen molar-refractivity contribution >= 4 is 0 Å². The average molecular weight is 130 g/mol. The van der Waals surface area contributed by atoms with Gasteiger partial charge in [-0.05, 0) is 13.3 Å². The van der Waals surface area contributed by atoms with Crippen molar-refractivity contribution in [3.63, 3.8) is 0 Å². The Labute approximate surface area is 56.2 Å². The normalized spacial score (nSPS) is 35.3. The molecule has 0 N–H and O–H groups in total. The molecule has 2 atom stereocenters. The number of ether oxygens (including phenoxy) is 2. The molecule has 54 valence electrons. The van der Waals surface area contributed by atoms with Crippen LogP contribution in [0.3, 0.4) is 0 Å². The van der Waals surface area contributed by atoms with E-state index in [9.17, 15) is 0 Å². The maximum atomic E-state index is 5.38. The number of hydrogen-bond acceptors (Lipinski definition) is 2. The van der Waals surface area contributed by atoms with Crippen molar-refractivity contribution < 1.29 is 9.47 Å². The fraction of sp³-hybridized carbons (Fsp3) is 1.00. The summed E-state index contributed by atoms with van der Waals surface area (Å²) in [6.07, 6.45) is 2.56. The average Bonchev–Trinajstić information content (AvgIpc) is 2.17. The number of rotatable bonds is 2. The maximum Gasteiger partial charge on any atom is 0.158 e. The molecule has 0 aromatic heterocycles. The summed E-state index contributed by atoms with van der Waals surface area (Å²) in [7, 11) is 0. The fourth-order valence-corrected chi connectivity index (χ4v) is 0.968. The Bertz CT molecular complexity index is 81.0. The van der Waals surface area contributed by atoms with E-state index in [1.807, 2.05) is 6.92 Å². The molecule has 2 nitrogen and oxygen atoms in total. The van der Waals surface area contributed by atoms with Gasteiger partial charge in [-0.2, -0.15) is 0 Å². The van der Waals surface area contributed by atoms with Crippen LogP contribution in [0.25, 0.3) is 0 Å². The highest BCUT2D eigenvalue weighted by molar-refractivity contribution is 4.58. The summed E-state index contributed by atoms with van der Waals surface area (Å²) in [4.78, 5) is 0. The zero-order valence-electron chi connectivity index (χ0n) is 6.09. The van der Waals surface area contributed by atoms with Crippen LogP contribution in [0.4, 0.5) is 0 Å². The highest BCUT2D eigenvalue weighted by atomic mass is 16.7. The predicted octanol–water partition coefficient (Wildman–Crippen LogP) is 1.55. The minimum atomic E-state index is 0.0880. The summed E-state index contributed by atoms with van der Waals surface area (Å²) in [5, 5.41) is 0. The van der Waals surface area contributed by atoms with Crippen LogP contribution in [0.1, 0.15) is 26.7 Å². The van der Waals surface area contributed by atoms with Crippen LogP contribution in [0.5, 0.6) is 0 Å². The molecule has 1 fully saturated rings. The smallest absolute Gasteiger partial charge is 0.158 e. The van der Waals surface area contributed by atoms with Crippen molar-refractivity contribution in [2.75, 3.05) is 6.61 Å². The van der Waals surface area contributed by atoms with Gasteiger partial charge in [0.15, 0.2) is 6.29 Å². The van der Waals surface area contributed by atoms with Gasteiger partial charge in [0.2, 0.25) is 0 Å². The minimum Gasteiger partial charge on any atom is -0.350 e. The maximum absolute atomic E-state index is 5.38. The standard InChI is InChI=1S/C7H14O2/c1-3-4-7-8-5-6(2)9-7/h6-7H,3-5H2,1-2H3/t6-,7-/m1/s1. The quantitative estimate of drug-likeness (QED) is 0.564. The monoisotopic (exact) mass is 130 g/mol. The van der Waals surface area contributed by atoms with Crippen molar-refractivity contribution in [1.82, 2.24) is 0 Å². The van der Waals surface area contributed by atoms with E-state index >= 15 is 0 Å². The molecule has 1 aliphatic rings. The zero-order chi connectivity index (χ0) is 6.69. The molecular weight excluding hydrogens is 116 g/mol. The summed E-state index contributed by atoms with van der Waals surface area (Å²) < 4.78 is 10.7. The first-order valence-electron chi connectivity index (χ1n) is 3.60. The third-order valence-electron chi connectivity index (χ3n) is 1.43. The van der Waals surface area contributed by atoms with Gasteiger partial charge in [-0.3, -0.25) is 0 Å². The summed E-state index contributed by atoms with van der Waals surface area (Å²) in [5.74, 6) is 0. The van der Waals surface area contributed by atoms with Crippen LogP contribution in [0, 0.1) is 0 Å². The van der Waals surface area contributed by atoms with E-state index in [4.69, 9.17) is 9.47 Å². The van der Waals surface area contributed by atoms with Gasteiger partial charge < -0.3 is 9.47 Å². The molecule has 0 saturated carbocycles. The fourth-order valence-electron chi connectivity index (χ4n) is 0.968. The molecule has 0 unspecified atom stereocenters. The zero-order valence-corrected chi connectivity index (χ0v) is 6.09. The Balaban J connectivity index is 2.14. The SMILES string of the molecule is CCC[C@@H]1OC[C@@H](C)O1. The second kappa shape index (κ2) is 3.18. The molecule has 1 rings (SSSR count). The van der Waals surface area contributed by atoms with E-state index in [1.54, 1.807) is 0 Å². The van der Waals surface area contributed by atoms with Crippen LogP contribution >= 0.6 is 0 Å². The molecule has 0 bridgehead atoms. The van der Waals surface area contributed by atoms with Crippen molar-refractivity contribution in [3.8, 4) is 0 Å². The van der Waals surface area contributed by atoms with Gasteiger partial charge in [0.25, 0.3) is 0 Å². The Morgan fingerprint density at radius 1 is 1.56 bits per heavy atom. The van der Waals surface area contributed by atoms with E-state index in [2.05, 4.69) is 6.92 Å². The van der Waals surface area contributed by atoms with E-state index in [0.717, 1.165) is 19.4 Å². The molecular formula is C7H14O2. The highest BCUT2D eigenvalue weighted by Crippen LogP contribution is 2.14. The summed E-state index contributed by atoms with van der Waals surface area (Å²) in [5.41, 5.74) is 0. The third kappa shape index (κ3) is 1.95. The molecule has 0 amide bonds. The summed E-state index contributed by atoms with van der Waals surface area (Å²) >= 11 is 0. The van der Waals surface area contributed by atoms with Gasteiger partial charge in [-0.25, -0.2) is 0 Å². The second-order valence-electron chi connectivity index (χ2n) is 2.50. The molecule has 2 heteroatoms. The number of hydrogen-bond donors (Lipinski definition) is 0. The third-order valence-corrected chi connectivity index (χ3v) is 1.43. The topological polar surface area (TPSA) is 18.5 Å². The first-order chi connectivity index (χ1) is 4.33. The Morgan fingerprint density at radius 3 is 2.78 bits per heavy atom. The molecule has 1 aliphatic heterocycles. The van der Waals surface area contributed by atoms with Gasteiger partial charge in [0.1, 0.15) is 0 Å². The lowest BCUT2D eigenvalue weighted by Gasteiger charge is -2.06. The molecule has 1 heterocycles. The van der Waals surface area contributed by atoms with Crippen molar-refractivity contribution in [2.24, 2.45) is 0 Å². The van der Waals surface area contributed by atoms with Crippen LogP contribution in [-0.2, 0) is 9.47 Å². The van der Waals surface area contributed by atoms with E-state index < -0.39 is 0 Å². The van der Waals surface area contributed by atoms with E-state index in [0.29, 0.717) is 6.10 Å². The van der Waals surface area contributed by atoms with Crippen LogP contribution < -0.4 is 0 Å². The second-order valence-corrected chi connectivity index (χ2v) is 2.50. The van der Waals surface area contributed by atoms with E-state index in [1.165, 1.54) is 0 Å². The lowest BCUT2D eigenvalue weighted by atomic mass is 10.3. The highest BCUT2D eigenvalue weighted by Gasteiger charge is 2.20. The molecule has 0 aromatic carbocycles. The molecule has 0 aliphatic carbocycles. The van der Waals surface area contributed by atoms with Crippen molar-refractivity contribution in [1.29, 1.82) is 0 Å². The molecule has 9 heavy (non-hydrogen) atoms. The Hall–Kier alpha value is -0.0800. The first-order valence-corrected chi connectivity index (χ1v) is 3.60.